The van der Waals surface area contributed by atoms with Crippen molar-refractivity contribution in [2.24, 2.45) is 0 Å². The summed E-state index contributed by atoms with van der Waals surface area (Å²) in [4.78, 5) is 0. The van der Waals surface area contributed by atoms with E-state index in [-0.39, 0.29) is 26.2 Å². The Morgan fingerprint density at radius 2 is 0.778 bits per heavy atom. The van der Waals surface area contributed by atoms with E-state index in [1.807, 2.05) is 0 Å². The van der Waals surface area contributed by atoms with Crippen molar-refractivity contribution in [2.75, 3.05) is 0 Å². The minimum Gasteiger partial charge on any atom is -0.144 e. The van der Waals surface area contributed by atoms with Gasteiger partial charge in [0.15, 0.2) is 0 Å². The molecule has 268 valence electrons. The maximum absolute atomic E-state index is 2.34. The molecular formula is C52H52SiZr. The Bertz CT molecular complexity index is 2180. The third-order valence-corrected chi connectivity index (χ3v) is 10.5. The van der Waals surface area contributed by atoms with Crippen LogP contribution in [0.2, 0.25) is 13.1 Å². The largest absolute Gasteiger partial charge is 2.00 e. The molecule has 0 nitrogen and oxygen atoms in total. The smallest absolute Gasteiger partial charge is 0.144 e. The minimum atomic E-state index is 0. The van der Waals surface area contributed by atoms with Gasteiger partial charge in [-0.1, -0.05) is 197 Å². The molecule has 2 atom stereocenters. The molecule has 0 saturated heterocycles. The van der Waals surface area contributed by atoms with E-state index in [0.717, 1.165) is 22.4 Å². The van der Waals surface area contributed by atoms with Crippen LogP contribution in [-0.4, -0.2) is 9.52 Å². The monoisotopic (exact) mass is 794 g/mol. The first-order valence-electron chi connectivity index (χ1n) is 19.2. The van der Waals surface area contributed by atoms with Gasteiger partial charge in [0.1, 0.15) is 0 Å². The summed E-state index contributed by atoms with van der Waals surface area (Å²) in [6.45, 7) is 13.5. The summed E-state index contributed by atoms with van der Waals surface area (Å²) in [6.07, 6.45) is 2.31. The third-order valence-electron chi connectivity index (χ3n) is 10.5. The van der Waals surface area contributed by atoms with Crippen molar-refractivity contribution < 1.29 is 26.2 Å². The van der Waals surface area contributed by atoms with Gasteiger partial charge in [-0.2, -0.15) is 0 Å². The Morgan fingerprint density at radius 3 is 1.15 bits per heavy atom. The van der Waals surface area contributed by atoms with Crippen molar-refractivity contribution in [3.8, 4) is 44.5 Å². The molecule has 54 heavy (non-hydrogen) atoms. The SMILES string of the molecule is CCC(C)c1ccccc1-c1cccc2[cH-]c(-c3ccccc3)cc12.CCC(C)c1ccccc1-c1cccc2[cH-]c(-c3ccccc3)cc12.C[Si]C.[Zr+2]. The molecule has 8 aromatic rings. The maximum Gasteiger partial charge on any atom is 2.00 e. The van der Waals surface area contributed by atoms with Crippen LogP contribution in [0, 0.1) is 0 Å². The fourth-order valence-corrected chi connectivity index (χ4v) is 7.32. The standard InChI is InChI=1S/2C25H23.C2H6Si.Zr/c2*1-3-18(2)22-13-7-8-14-23(22)24-15-9-12-20-16-21(17-25(20)24)19-10-5-4-6-11-19;1-3-2;/h2*4-18H,3H2,1-2H3;1-2H3;/q2*-1;;+2. The maximum atomic E-state index is 2.34. The molecule has 0 aliphatic rings. The molecule has 0 aliphatic carbocycles. The molecule has 0 spiro atoms. The Labute approximate surface area is 346 Å². The summed E-state index contributed by atoms with van der Waals surface area (Å²) in [6, 6.07) is 61.6. The molecule has 0 amide bonds. The third kappa shape index (κ3) is 9.29. The molecule has 0 bridgehead atoms. The molecule has 2 heteroatoms. The zero-order valence-corrected chi connectivity index (χ0v) is 36.2. The summed E-state index contributed by atoms with van der Waals surface area (Å²) < 4.78 is 0. The minimum absolute atomic E-state index is 0. The van der Waals surface area contributed by atoms with Crippen molar-refractivity contribution in [2.45, 2.75) is 65.5 Å². The predicted molar refractivity (Wildman–Crippen MR) is 236 cm³/mol. The zero-order chi connectivity index (χ0) is 37.2. The van der Waals surface area contributed by atoms with Gasteiger partial charge in [-0.3, -0.25) is 0 Å². The molecule has 0 aliphatic heterocycles. The van der Waals surface area contributed by atoms with Crippen LogP contribution >= 0.6 is 0 Å². The van der Waals surface area contributed by atoms with Crippen LogP contribution in [0.1, 0.15) is 63.5 Å². The first-order chi connectivity index (χ1) is 26.0. The molecule has 8 rings (SSSR count). The van der Waals surface area contributed by atoms with Crippen molar-refractivity contribution in [1.29, 1.82) is 0 Å². The molecule has 0 aromatic heterocycles. The Kier molecular flexibility index (Phi) is 15.0. The molecule has 8 aromatic carbocycles. The molecule has 0 fully saturated rings. The molecule has 0 heterocycles. The fraction of sp³-hybridized carbons (Fsp3) is 0.192. The summed E-state index contributed by atoms with van der Waals surface area (Å²) in [7, 11) is 1.08. The second-order valence-corrected chi connectivity index (χ2v) is 15.1. The van der Waals surface area contributed by atoms with Gasteiger partial charge in [0, 0.05) is 9.52 Å². The van der Waals surface area contributed by atoms with Crippen LogP contribution in [0.3, 0.4) is 0 Å². The van der Waals surface area contributed by atoms with Crippen LogP contribution in [-0.2, 0) is 26.2 Å². The molecule has 2 radical (unpaired) electrons. The van der Waals surface area contributed by atoms with Crippen molar-refractivity contribution in [3.05, 3.63) is 181 Å². The van der Waals surface area contributed by atoms with E-state index in [9.17, 15) is 0 Å². The second-order valence-electron chi connectivity index (χ2n) is 14.1. The Morgan fingerprint density at radius 1 is 0.444 bits per heavy atom. The quantitative estimate of drug-likeness (QED) is 0.106. The van der Waals surface area contributed by atoms with Crippen molar-refractivity contribution in [3.63, 3.8) is 0 Å². The van der Waals surface area contributed by atoms with Crippen molar-refractivity contribution in [1.82, 2.24) is 0 Å². The van der Waals surface area contributed by atoms with Crippen molar-refractivity contribution >= 4 is 31.1 Å². The summed E-state index contributed by atoms with van der Waals surface area (Å²) in [5, 5.41) is 5.32. The zero-order valence-electron chi connectivity index (χ0n) is 32.7. The number of hydrogen-bond acceptors (Lipinski definition) is 0. The second kappa shape index (κ2) is 19.8. The molecule has 0 N–H and O–H groups in total. The average molecular weight is 796 g/mol. The van der Waals surface area contributed by atoms with Crippen LogP contribution in [0.25, 0.3) is 66.1 Å². The average Bonchev–Trinajstić information content (AvgIpc) is 3.87. The Balaban J connectivity index is 0.000000190. The van der Waals surface area contributed by atoms with E-state index in [0.29, 0.717) is 11.8 Å². The van der Waals surface area contributed by atoms with Crippen LogP contribution in [0.5, 0.6) is 0 Å². The number of rotatable bonds is 8. The first-order valence-corrected chi connectivity index (χ1v) is 21.2. The van der Waals surface area contributed by atoms with Crippen LogP contribution in [0.15, 0.2) is 170 Å². The molecule has 0 saturated carbocycles. The fourth-order valence-electron chi connectivity index (χ4n) is 7.32. The van der Waals surface area contributed by atoms with E-state index in [2.05, 4.69) is 211 Å². The van der Waals surface area contributed by atoms with E-state index in [1.54, 1.807) is 0 Å². The van der Waals surface area contributed by atoms with Gasteiger partial charge in [-0.05, 0) is 46.9 Å². The summed E-state index contributed by atoms with van der Waals surface area (Å²) in [5.41, 5.74) is 13.5. The molecular weight excluding hydrogens is 744 g/mol. The first kappa shape index (κ1) is 40.8. The normalized spacial score (nSPS) is 11.8. The summed E-state index contributed by atoms with van der Waals surface area (Å²) in [5.74, 6) is 1.13. The van der Waals surface area contributed by atoms with E-state index in [1.165, 1.54) is 77.2 Å². The number of benzene rings is 6. The Hall–Kier alpha value is -4.36. The van der Waals surface area contributed by atoms with Gasteiger partial charge in [0.05, 0.1) is 0 Å². The van der Waals surface area contributed by atoms with E-state index in [4.69, 9.17) is 0 Å². The van der Waals surface area contributed by atoms with Gasteiger partial charge in [-0.15, -0.1) is 69.1 Å². The summed E-state index contributed by atoms with van der Waals surface area (Å²) >= 11 is 0. The van der Waals surface area contributed by atoms with Crippen LogP contribution < -0.4 is 0 Å². The van der Waals surface area contributed by atoms with E-state index < -0.39 is 0 Å². The number of hydrogen-bond donors (Lipinski definition) is 0. The van der Waals surface area contributed by atoms with Gasteiger partial charge in [-0.25, -0.2) is 0 Å². The predicted octanol–water partition coefficient (Wildman–Crippen LogP) is 15.6. The van der Waals surface area contributed by atoms with E-state index >= 15 is 0 Å². The van der Waals surface area contributed by atoms with Gasteiger partial charge in [0.25, 0.3) is 0 Å². The van der Waals surface area contributed by atoms with Gasteiger partial charge < -0.3 is 0 Å². The topological polar surface area (TPSA) is 0 Å². The number of fused-ring (bicyclic) bond motifs is 2. The van der Waals surface area contributed by atoms with Gasteiger partial charge >= 0.3 is 26.2 Å². The van der Waals surface area contributed by atoms with Gasteiger partial charge in [0.2, 0.25) is 0 Å². The molecule has 2 unspecified atom stereocenters. The van der Waals surface area contributed by atoms with Crippen LogP contribution in [0.4, 0.5) is 0 Å².